The smallest absolute Gasteiger partial charge is 0.339 e. The average Bonchev–Trinajstić information content (AvgIpc) is 3.65. The van der Waals surface area contributed by atoms with Crippen molar-refractivity contribution in [3.8, 4) is 11.5 Å². The number of esters is 2. The molecule has 10 heteroatoms. The summed E-state index contributed by atoms with van der Waals surface area (Å²) in [6.07, 6.45) is 7.79. The van der Waals surface area contributed by atoms with E-state index in [1.807, 2.05) is 12.1 Å². The molecule has 1 saturated heterocycles. The zero-order valence-electron chi connectivity index (χ0n) is 26.7. The molecule has 10 nitrogen and oxygen atoms in total. The van der Waals surface area contributed by atoms with Crippen LogP contribution in [0.4, 0.5) is 0 Å². The van der Waals surface area contributed by atoms with Crippen LogP contribution in [0.25, 0.3) is 0 Å². The van der Waals surface area contributed by atoms with Crippen molar-refractivity contribution in [3.05, 3.63) is 35.1 Å². The van der Waals surface area contributed by atoms with Gasteiger partial charge in [-0.1, -0.05) is 26.2 Å². The largest absolute Gasteiger partial charge is 0.497 e. The fourth-order valence-corrected chi connectivity index (χ4v) is 7.40. The van der Waals surface area contributed by atoms with Crippen LogP contribution in [0.3, 0.4) is 0 Å². The molecule has 1 unspecified atom stereocenters. The summed E-state index contributed by atoms with van der Waals surface area (Å²) in [7, 11) is 1.57. The highest BCUT2D eigenvalue weighted by molar-refractivity contribution is 5.86. The van der Waals surface area contributed by atoms with Crippen LogP contribution in [-0.2, 0) is 30.2 Å². The van der Waals surface area contributed by atoms with Crippen LogP contribution in [0.2, 0.25) is 0 Å². The number of carbonyl (C=O) groups is 2. The van der Waals surface area contributed by atoms with E-state index in [1.54, 1.807) is 21.0 Å². The summed E-state index contributed by atoms with van der Waals surface area (Å²) in [5.41, 5.74) is -1.43. The molecule has 5 rings (SSSR count). The van der Waals surface area contributed by atoms with Gasteiger partial charge in [0, 0.05) is 6.54 Å². The zero-order valence-corrected chi connectivity index (χ0v) is 26.7. The number of carbonyl (C=O) groups excluding carboxylic acids is 2. The van der Waals surface area contributed by atoms with Crippen molar-refractivity contribution in [2.45, 2.75) is 120 Å². The van der Waals surface area contributed by atoms with E-state index in [1.165, 1.54) is 0 Å². The Morgan fingerprint density at radius 1 is 1.07 bits per heavy atom. The first-order chi connectivity index (χ1) is 21.0. The summed E-state index contributed by atoms with van der Waals surface area (Å²) >= 11 is 0. The molecule has 3 aliphatic heterocycles. The van der Waals surface area contributed by atoms with Gasteiger partial charge in [-0.2, -0.15) is 0 Å². The van der Waals surface area contributed by atoms with Crippen LogP contribution >= 0.6 is 0 Å². The van der Waals surface area contributed by atoms with E-state index < -0.39 is 41.2 Å². The van der Waals surface area contributed by atoms with Gasteiger partial charge in [-0.15, -0.1) is 0 Å². The van der Waals surface area contributed by atoms with Crippen molar-refractivity contribution in [1.82, 2.24) is 4.90 Å². The summed E-state index contributed by atoms with van der Waals surface area (Å²) in [5, 5.41) is 22.1. The molecule has 4 aliphatic rings. The number of ether oxygens (including phenoxy) is 5. The maximum Gasteiger partial charge on any atom is 0.339 e. The minimum absolute atomic E-state index is 0.0588. The first-order valence-electron chi connectivity index (χ1n) is 16.3. The Hall–Kier alpha value is -2.82. The molecule has 0 aromatic heterocycles. The van der Waals surface area contributed by atoms with Gasteiger partial charge in [0.15, 0.2) is 23.2 Å². The lowest BCUT2D eigenvalue weighted by Crippen LogP contribution is -2.49. The highest BCUT2D eigenvalue weighted by Crippen LogP contribution is 2.55. The van der Waals surface area contributed by atoms with Gasteiger partial charge in [0.05, 0.1) is 37.2 Å². The summed E-state index contributed by atoms with van der Waals surface area (Å²) < 4.78 is 29.0. The number of benzene rings is 1. The molecule has 244 valence electrons. The van der Waals surface area contributed by atoms with Gasteiger partial charge < -0.3 is 33.9 Å². The van der Waals surface area contributed by atoms with E-state index in [-0.39, 0.29) is 25.7 Å². The lowest BCUT2D eigenvalue weighted by Gasteiger charge is -2.39. The van der Waals surface area contributed by atoms with Gasteiger partial charge >= 0.3 is 11.9 Å². The molecule has 1 spiro atoms. The van der Waals surface area contributed by atoms with Gasteiger partial charge in [0.1, 0.15) is 5.76 Å². The van der Waals surface area contributed by atoms with Crippen molar-refractivity contribution in [2.75, 3.05) is 33.6 Å². The molecule has 3 heterocycles. The van der Waals surface area contributed by atoms with E-state index in [0.717, 1.165) is 69.2 Å². The molecule has 1 fully saturated rings. The Bertz CT molecular complexity index is 1240. The van der Waals surface area contributed by atoms with Gasteiger partial charge in [0.2, 0.25) is 6.79 Å². The predicted octanol–water partition coefficient (Wildman–Crippen LogP) is 4.53. The average molecular weight is 616 g/mol. The van der Waals surface area contributed by atoms with Crippen LogP contribution in [-0.4, -0.2) is 83.5 Å². The second kappa shape index (κ2) is 13.3. The third-order valence-corrected chi connectivity index (χ3v) is 9.65. The topological polar surface area (TPSA) is 124 Å². The highest BCUT2D eigenvalue weighted by atomic mass is 16.7. The summed E-state index contributed by atoms with van der Waals surface area (Å²) in [4.78, 5) is 29.4. The molecule has 1 aromatic carbocycles. The zero-order chi connectivity index (χ0) is 31.5. The maximum absolute atomic E-state index is 14.1. The predicted molar refractivity (Wildman–Crippen MR) is 162 cm³/mol. The molecule has 2 N–H and O–H groups in total. The number of aliphatic hydroxyl groups is 2. The number of rotatable bonds is 14. The van der Waals surface area contributed by atoms with Crippen LogP contribution in [0.1, 0.15) is 102 Å². The number of hydrogen-bond acceptors (Lipinski definition) is 10. The van der Waals surface area contributed by atoms with Crippen molar-refractivity contribution < 1.29 is 43.5 Å². The SMILES string of the molecule is CCCCCCOC(=O)C[C@](O)(CCCC(C)(C)O)C(=O)OC1C(OC)=C[C@@]23CCCN2CCc2cc4c(cc2[C@H]13)OCO4. The van der Waals surface area contributed by atoms with E-state index in [2.05, 4.69) is 17.9 Å². The number of fused-ring (bicyclic) bond motifs is 3. The van der Waals surface area contributed by atoms with E-state index in [9.17, 15) is 19.8 Å². The molecule has 4 atom stereocenters. The van der Waals surface area contributed by atoms with Crippen LogP contribution in [0, 0.1) is 0 Å². The number of unbranched alkanes of at least 4 members (excludes halogenated alkanes) is 3. The lowest BCUT2D eigenvalue weighted by atomic mass is 9.77. The summed E-state index contributed by atoms with van der Waals surface area (Å²) in [6.45, 7) is 7.59. The Balaban J connectivity index is 1.42. The highest BCUT2D eigenvalue weighted by Gasteiger charge is 2.59. The molecule has 1 aliphatic carbocycles. The summed E-state index contributed by atoms with van der Waals surface area (Å²) in [6, 6.07) is 4.03. The summed E-state index contributed by atoms with van der Waals surface area (Å²) in [5.74, 6) is 0.0494. The third-order valence-electron chi connectivity index (χ3n) is 9.65. The molecule has 1 aromatic rings. The Morgan fingerprint density at radius 3 is 2.57 bits per heavy atom. The Labute approximate surface area is 260 Å². The van der Waals surface area contributed by atoms with Gasteiger partial charge in [0.25, 0.3) is 0 Å². The molecular weight excluding hydrogens is 566 g/mol. The molecule has 0 bridgehead atoms. The van der Waals surface area contributed by atoms with Crippen LogP contribution in [0.5, 0.6) is 11.5 Å². The second-order valence-electron chi connectivity index (χ2n) is 13.4. The molecular formula is C34H49NO9. The molecule has 0 radical (unpaired) electrons. The number of methoxy groups -OCH3 is 1. The Morgan fingerprint density at radius 2 is 1.84 bits per heavy atom. The lowest BCUT2D eigenvalue weighted by molar-refractivity contribution is -0.179. The van der Waals surface area contributed by atoms with Crippen molar-refractivity contribution >= 4 is 11.9 Å². The Kier molecular flexibility index (Phi) is 9.82. The fourth-order valence-electron chi connectivity index (χ4n) is 7.40. The van der Waals surface area contributed by atoms with Crippen molar-refractivity contribution in [3.63, 3.8) is 0 Å². The quantitative estimate of drug-likeness (QED) is 0.228. The van der Waals surface area contributed by atoms with E-state index >= 15 is 0 Å². The standard InChI is InChI=1S/C34H49NO9/c1-5-6-7-8-17-41-28(36)21-34(39,14-9-12-32(2,3)38)31(37)44-30-27(40-4)20-33-13-10-15-35(33)16-11-23-18-25-26(43-22-42-25)19-24(23)29(30)33/h18-20,29-30,38-39H,5-17,21-22H2,1-4H3/t29-,30?,33-,34-/m1/s1. The van der Waals surface area contributed by atoms with Crippen molar-refractivity contribution in [2.24, 2.45) is 0 Å². The minimum Gasteiger partial charge on any atom is -0.497 e. The number of nitrogens with zero attached hydrogens (tertiary/aromatic N) is 1. The first kappa shape index (κ1) is 32.6. The maximum atomic E-state index is 14.1. The van der Waals surface area contributed by atoms with Gasteiger partial charge in [-0.05, 0) is 94.7 Å². The monoisotopic (exact) mass is 615 g/mol. The van der Waals surface area contributed by atoms with Crippen molar-refractivity contribution in [1.29, 1.82) is 0 Å². The minimum atomic E-state index is -2.13. The third kappa shape index (κ3) is 6.72. The van der Waals surface area contributed by atoms with E-state index in [0.29, 0.717) is 30.1 Å². The normalized spacial score (nSPS) is 25.3. The first-order valence-corrected chi connectivity index (χ1v) is 16.3. The fraction of sp³-hybridized carbons (Fsp3) is 0.706. The molecule has 0 amide bonds. The van der Waals surface area contributed by atoms with Gasteiger partial charge in [-0.25, -0.2) is 4.79 Å². The van der Waals surface area contributed by atoms with Gasteiger partial charge in [-0.3, -0.25) is 9.69 Å². The molecule has 0 saturated carbocycles. The second-order valence-corrected chi connectivity index (χ2v) is 13.4. The van der Waals surface area contributed by atoms with Crippen LogP contribution < -0.4 is 9.47 Å². The number of hydrogen-bond donors (Lipinski definition) is 2. The van der Waals surface area contributed by atoms with E-state index in [4.69, 9.17) is 23.7 Å². The van der Waals surface area contributed by atoms with Crippen LogP contribution in [0.15, 0.2) is 24.0 Å². The molecule has 44 heavy (non-hydrogen) atoms.